The van der Waals surface area contributed by atoms with E-state index in [0.29, 0.717) is 5.70 Å². The van der Waals surface area contributed by atoms with Gasteiger partial charge in [0, 0.05) is 7.05 Å². The summed E-state index contributed by atoms with van der Waals surface area (Å²) >= 11 is 0. The van der Waals surface area contributed by atoms with Crippen LogP contribution in [0.25, 0.3) is 0 Å². The Hall–Kier alpha value is -0.790. The highest BCUT2D eigenvalue weighted by Crippen LogP contribution is 2.00. The van der Waals surface area contributed by atoms with Gasteiger partial charge < -0.3 is 5.32 Å². The average Bonchev–Trinajstić information content (AvgIpc) is 2.05. The molecule has 0 aliphatic carbocycles. The third-order valence-corrected chi connectivity index (χ3v) is 1.54. The second-order valence-electron chi connectivity index (χ2n) is 2.47. The standard InChI is InChI=1S/C9H16NO/c1-3-4-5-6-7-9(8-11)10-2/h7,10H,3-6H2,1-2H3/b9-7-. The Morgan fingerprint density at radius 2 is 2.27 bits per heavy atom. The molecular weight excluding hydrogens is 138 g/mol. The van der Waals surface area contributed by atoms with Crippen molar-refractivity contribution in [3.05, 3.63) is 11.8 Å². The van der Waals surface area contributed by atoms with Crippen molar-refractivity contribution >= 4 is 6.29 Å². The molecule has 0 fully saturated rings. The Balaban J connectivity index is 3.44. The van der Waals surface area contributed by atoms with E-state index in [1.165, 1.54) is 12.8 Å². The van der Waals surface area contributed by atoms with Gasteiger partial charge in [0.05, 0.1) is 5.70 Å². The number of allylic oxidation sites excluding steroid dienone is 2. The van der Waals surface area contributed by atoms with Crippen LogP contribution in [-0.2, 0) is 4.79 Å². The SMILES string of the molecule is CCCCC/C=C(/[C]=O)NC. The predicted molar refractivity (Wildman–Crippen MR) is 47.0 cm³/mol. The number of rotatable bonds is 6. The fourth-order valence-corrected chi connectivity index (χ4v) is 0.835. The second kappa shape index (κ2) is 7.32. The molecule has 0 aromatic carbocycles. The topological polar surface area (TPSA) is 29.1 Å². The zero-order chi connectivity index (χ0) is 8.53. The molecule has 0 aromatic rings. The minimum atomic E-state index is 0.570. The van der Waals surface area contributed by atoms with Crippen molar-refractivity contribution in [2.24, 2.45) is 0 Å². The molecule has 1 radical (unpaired) electrons. The summed E-state index contributed by atoms with van der Waals surface area (Å²) in [6, 6.07) is 0. The van der Waals surface area contributed by atoms with Gasteiger partial charge in [-0.1, -0.05) is 25.8 Å². The highest BCUT2D eigenvalue weighted by Gasteiger charge is 1.89. The van der Waals surface area contributed by atoms with Crippen LogP contribution >= 0.6 is 0 Å². The number of nitrogens with one attached hydrogen (secondary N) is 1. The number of hydrogen-bond acceptors (Lipinski definition) is 2. The molecule has 11 heavy (non-hydrogen) atoms. The molecule has 0 saturated heterocycles. The molecule has 0 rings (SSSR count). The first-order chi connectivity index (χ1) is 5.35. The molecule has 0 spiro atoms. The quantitative estimate of drug-likeness (QED) is 0.466. The number of carbonyl (C=O) groups excluding carboxylic acids is 1. The minimum Gasteiger partial charge on any atom is -0.385 e. The van der Waals surface area contributed by atoms with E-state index in [1.54, 1.807) is 7.05 Å². The van der Waals surface area contributed by atoms with E-state index in [-0.39, 0.29) is 0 Å². The van der Waals surface area contributed by atoms with Crippen LogP contribution in [0.3, 0.4) is 0 Å². The van der Waals surface area contributed by atoms with Crippen molar-refractivity contribution < 1.29 is 4.79 Å². The van der Waals surface area contributed by atoms with Crippen LogP contribution in [0.15, 0.2) is 11.8 Å². The first-order valence-corrected chi connectivity index (χ1v) is 4.11. The van der Waals surface area contributed by atoms with E-state index in [4.69, 9.17) is 0 Å². The lowest BCUT2D eigenvalue weighted by Crippen LogP contribution is -2.06. The maximum Gasteiger partial charge on any atom is 0.250 e. The van der Waals surface area contributed by atoms with Crippen LogP contribution < -0.4 is 5.32 Å². The van der Waals surface area contributed by atoms with Gasteiger partial charge in [-0.2, -0.15) is 0 Å². The summed E-state index contributed by atoms with van der Waals surface area (Å²) in [6.45, 7) is 2.16. The molecule has 0 atom stereocenters. The number of hydrogen-bond donors (Lipinski definition) is 1. The maximum atomic E-state index is 10.1. The van der Waals surface area contributed by atoms with Crippen LogP contribution in [0.5, 0.6) is 0 Å². The van der Waals surface area contributed by atoms with Crippen molar-refractivity contribution in [2.45, 2.75) is 32.6 Å². The Bertz CT molecular complexity index is 130. The van der Waals surface area contributed by atoms with Crippen LogP contribution in [-0.4, -0.2) is 13.3 Å². The molecule has 63 valence electrons. The molecule has 2 heteroatoms. The lowest BCUT2D eigenvalue weighted by Gasteiger charge is -1.96. The fraction of sp³-hybridized carbons (Fsp3) is 0.667. The molecule has 0 unspecified atom stereocenters. The summed E-state index contributed by atoms with van der Waals surface area (Å²) in [5.41, 5.74) is 0.570. The summed E-state index contributed by atoms with van der Waals surface area (Å²) in [4.78, 5) is 10.1. The molecule has 2 nitrogen and oxygen atoms in total. The molecule has 0 aliphatic heterocycles. The van der Waals surface area contributed by atoms with Crippen molar-refractivity contribution in [1.29, 1.82) is 0 Å². The van der Waals surface area contributed by atoms with E-state index in [9.17, 15) is 4.79 Å². The zero-order valence-corrected chi connectivity index (χ0v) is 7.31. The molecule has 0 aliphatic rings. The van der Waals surface area contributed by atoms with E-state index >= 15 is 0 Å². The predicted octanol–water partition coefficient (Wildman–Crippen LogP) is 1.78. The largest absolute Gasteiger partial charge is 0.385 e. The van der Waals surface area contributed by atoms with Crippen LogP contribution in [0.4, 0.5) is 0 Å². The Labute approximate surface area is 68.7 Å². The van der Waals surface area contributed by atoms with Gasteiger partial charge >= 0.3 is 0 Å². The van der Waals surface area contributed by atoms with Crippen molar-refractivity contribution in [3.8, 4) is 0 Å². The summed E-state index contributed by atoms with van der Waals surface area (Å²) in [5.74, 6) is 0. The maximum absolute atomic E-state index is 10.1. The average molecular weight is 154 g/mol. The minimum absolute atomic E-state index is 0.570. The van der Waals surface area contributed by atoms with Crippen molar-refractivity contribution in [3.63, 3.8) is 0 Å². The lowest BCUT2D eigenvalue weighted by molar-refractivity contribution is 0.559. The van der Waals surface area contributed by atoms with Gasteiger partial charge in [0.2, 0.25) is 6.29 Å². The first kappa shape index (κ1) is 10.2. The molecule has 0 amide bonds. The van der Waals surface area contributed by atoms with E-state index in [1.807, 2.05) is 12.4 Å². The van der Waals surface area contributed by atoms with Crippen molar-refractivity contribution in [1.82, 2.24) is 5.32 Å². The molecule has 0 heterocycles. The summed E-state index contributed by atoms with van der Waals surface area (Å²) in [5, 5.41) is 2.77. The van der Waals surface area contributed by atoms with Crippen LogP contribution in [0.1, 0.15) is 32.6 Å². The Kier molecular flexibility index (Phi) is 6.79. The van der Waals surface area contributed by atoms with Gasteiger partial charge in [-0.05, 0) is 12.8 Å². The van der Waals surface area contributed by atoms with Gasteiger partial charge in [0.25, 0.3) is 0 Å². The highest BCUT2D eigenvalue weighted by molar-refractivity contribution is 5.72. The van der Waals surface area contributed by atoms with Crippen LogP contribution in [0.2, 0.25) is 0 Å². The van der Waals surface area contributed by atoms with Gasteiger partial charge in [-0.25, -0.2) is 0 Å². The van der Waals surface area contributed by atoms with Crippen LogP contribution in [0, 0.1) is 0 Å². The Morgan fingerprint density at radius 3 is 2.73 bits per heavy atom. The third kappa shape index (κ3) is 5.64. The molecule has 0 saturated carbocycles. The molecule has 0 bridgehead atoms. The monoisotopic (exact) mass is 154 g/mol. The van der Waals surface area contributed by atoms with Gasteiger partial charge in [-0.3, -0.25) is 4.79 Å². The molecule has 1 N–H and O–H groups in total. The normalized spacial score (nSPS) is 11.3. The molecule has 0 aromatic heterocycles. The highest BCUT2D eigenvalue weighted by atomic mass is 16.1. The summed E-state index contributed by atoms with van der Waals surface area (Å²) < 4.78 is 0. The summed E-state index contributed by atoms with van der Waals surface area (Å²) in [6.07, 6.45) is 8.29. The van der Waals surface area contributed by atoms with Crippen molar-refractivity contribution in [2.75, 3.05) is 7.05 Å². The first-order valence-electron chi connectivity index (χ1n) is 4.11. The van der Waals surface area contributed by atoms with E-state index in [0.717, 1.165) is 12.8 Å². The van der Waals surface area contributed by atoms with E-state index < -0.39 is 0 Å². The van der Waals surface area contributed by atoms with Gasteiger partial charge in [-0.15, -0.1) is 0 Å². The van der Waals surface area contributed by atoms with E-state index in [2.05, 4.69) is 12.2 Å². The van der Waals surface area contributed by atoms with Gasteiger partial charge in [0.15, 0.2) is 0 Å². The second-order valence-corrected chi connectivity index (χ2v) is 2.47. The number of likely N-dealkylation sites (N-methyl/N-ethyl adjacent to an activating group) is 1. The third-order valence-electron chi connectivity index (χ3n) is 1.54. The Morgan fingerprint density at radius 1 is 1.55 bits per heavy atom. The van der Waals surface area contributed by atoms with Gasteiger partial charge in [0.1, 0.15) is 0 Å². The smallest absolute Gasteiger partial charge is 0.250 e. The lowest BCUT2D eigenvalue weighted by atomic mass is 10.2. The molecular formula is C9H16NO. The number of unbranched alkanes of at least 4 members (excludes halogenated alkanes) is 3. The summed E-state index contributed by atoms with van der Waals surface area (Å²) in [7, 11) is 1.73. The zero-order valence-electron chi connectivity index (χ0n) is 7.31. The fourth-order valence-electron chi connectivity index (χ4n) is 0.835.